The number of carbonyl (C=O) groups is 1. The second-order valence-electron chi connectivity index (χ2n) is 4.72. The Labute approximate surface area is 132 Å². The molecule has 116 valence electrons. The summed E-state index contributed by atoms with van der Waals surface area (Å²) in [5, 5.41) is 6.38. The average molecular weight is 310 g/mol. The van der Waals surface area contributed by atoms with Gasteiger partial charge in [0.15, 0.2) is 5.82 Å². The molecule has 2 heterocycles. The van der Waals surface area contributed by atoms with Crippen molar-refractivity contribution in [3.05, 3.63) is 65.9 Å². The van der Waals surface area contributed by atoms with Crippen LogP contribution in [-0.2, 0) is 6.54 Å². The van der Waals surface area contributed by atoms with E-state index >= 15 is 0 Å². The zero-order valence-electron chi connectivity index (χ0n) is 12.4. The van der Waals surface area contributed by atoms with Crippen LogP contribution in [0.4, 0.5) is 0 Å². The molecule has 0 atom stereocenters. The summed E-state index contributed by atoms with van der Waals surface area (Å²) in [6, 6.07) is 12.2. The lowest BCUT2D eigenvalue weighted by Crippen LogP contribution is -2.22. The van der Waals surface area contributed by atoms with Gasteiger partial charge in [-0.3, -0.25) is 4.79 Å². The van der Waals surface area contributed by atoms with Gasteiger partial charge in [-0.2, -0.15) is 4.98 Å². The van der Waals surface area contributed by atoms with E-state index in [1.807, 2.05) is 6.07 Å². The molecule has 7 nitrogen and oxygen atoms in total. The van der Waals surface area contributed by atoms with Crippen molar-refractivity contribution in [3.8, 4) is 11.6 Å². The number of benzene rings is 1. The molecule has 0 aliphatic rings. The lowest BCUT2D eigenvalue weighted by molar-refractivity contribution is 0.0946. The number of hydrogen-bond acceptors (Lipinski definition) is 6. The van der Waals surface area contributed by atoms with Crippen LogP contribution in [0, 0.1) is 6.92 Å². The van der Waals surface area contributed by atoms with E-state index < -0.39 is 0 Å². The molecule has 3 aromatic rings. The lowest BCUT2D eigenvalue weighted by atomic mass is 10.2. The molecule has 0 unspecified atom stereocenters. The highest BCUT2D eigenvalue weighted by molar-refractivity contribution is 5.94. The first-order valence-electron chi connectivity index (χ1n) is 6.97. The second kappa shape index (κ2) is 6.69. The predicted octanol–water partition coefficient (Wildman–Crippen LogP) is 2.50. The van der Waals surface area contributed by atoms with Crippen LogP contribution in [0.25, 0.3) is 0 Å². The molecule has 0 aliphatic heterocycles. The minimum atomic E-state index is -0.257. The maximum Gasteiger partial charge on any atom is 0.251 e. The van der Waals surface area contributed by atoms with Gasteiger partial charge in [0.1, 0.15) is 5.75 Å². The second-order valence-corrected chi connectivity index (χ2v) is 4.72. The maximum absolute atomic E-state index is 12.2. The number of amides is 1. The van der Waals surface area contributed by atoms with Crippen molar-refractivity contribution in [1.29, 1.82) is 0 Å². The molecule has 1 aromatic carbocycles. The third-order valence-electron chi connectivity index (χ3n) is 2.93. The molecule has 2 aromatic heterocycles. The average Bonchev–Trinajstić information content (AvgIpc) is 2.99. The Kier molecular flexibility index (Phi) is 4.28. The topological polar surface area (TPSA) is 90.1 Å². The summed E-state index contributed by atoms with van der Waals surface area (Å²) in [5.41, 5.74) is 0.467. The molecule has 3 rings (SSSR count). The fraction of sp³-hybridized carbons (Fsp3) is 0.125. The van der Waals surface area contributed by atoms with E-state index in [0.29, 0.717) is 28.9 Å². The van der Waals surface area contributed by atoms with Crippen molar-refractivity contribution in [3.63, 3.8) is 0 Å². The van der Waals surface area contributed by atoms with Gasteiger partial charge in [0, 0.05) is 17.8 Å². The van der Waals surface area contributed by atoms with Gasteiger partial charge >= 0.3 is 0 Å². The first-order chi connectivity index (χ1) is 11.2. The molecule has 0 saturated heterocycles. The summed E-state index contributed by atoms with van der Waals surface area (Å²) in [7, 11) is 0. The van der Waals surface area contributed by atoms with E-state index in [2.05, 4.69) is 20.4 Å². The van der Waals surface area contributed by atoms with Crippen molar-refractivity contribution in [2.45, 2.75) is 13.5 Å². The smallest absolute Gasteiger partial charge is 0.251 e. The molecule has 0 radical (unpaired) electrons. The third-order valence-corrected chi connectivity index (χ3v) is 2.93. The number of aryl methyl sites for hydroxylation is 1. The van der Waals surface area contributed by atoms with Gasteiger partial charge in [-0.1, -0.05) is 17.3 Å². The molecule has 0 saturated carbocycles. The van der Waals surface area contributed by atoms with Crippen LogP contribution in [0.15, 0.2) is 53.2 Å². The summed E-state index contributed by atoms with van der Waals surface area (Å²) in [4.78, 5) is 20.3. The lowest BCUT2D eigenvalue weighted by Gasteiger charge is -2.07. The summed E-state index contributed by atoms with van der Waals surface area (Å²) in [6.45, 7) is 1.89. The Morgan fingerprint density at radius 3 is 2.91 bits per heavy atom. The fourth-order valence-electron chi connectivity index (χ4n) is 1.90. The summed E-state index contributed by atoms with van der Waals surface area (Å²) < 4.78 is 10.5. The molecule has 1 N–H and O–H groups in total. The van der Waals surface area contributed by atoms with E-state index in [-0.39, 0.29) is 12.5 Å². The largest absolute Gasteiger partial charge is 0.439 e. The molecule has 0 fully saturated rings. The van der Waals surface area contributed by atoms with Crippen LogP contribution < -0.4 is 10.1 Å². The highest BCUT2D eigenvalue weighted by atomic mass is 16.5. The highest BCUT2D eigenvalue weighted by Gasteiger charge is 2.09. The Balaban J connectivity index is 1.65. The van der Waals surface area contributed by atoms with Crippen molar-refractivity contribution in [2.75, 3.05) is 0 Å². The standard InChI is InChI=1S/C16H14N4O3/c1-11-19-15(23-20-11)10-18-16(21)12-5-4-6-13(9-12)22-14-7-2-3-8-17-14/h2-9H,10H2,1H3,(H,18,21). The maximum atomic E-state index is 12.2. The molecular weight excluding hydrogens is 296 g/mol. The number of nitrogens with zero attached hydrogens (tertiary/aromatic N) is 3. The minimum Gasteiger partial charge on any atom is -0.439 e. The van der Waals surface area contributed by atoms with Crippen LogP contribution in [0.5, 0.6) is 11.6 Å². The van der Waals surface area contributed by atoms with Gasteiger partial charge in [0.2, 0.25) is 11.8 Å². The van der Waals surface area contributed by atoms with E-state index in [1.54, 1.807) is 49.5 Å². The van der Waals surface area contributed by atoms with Crippen LogP contribution in [0.3, 0.4) is 0 Å². The Morgan fingerprint density at radius 1 is 1.26 bits per heavy atom. The molecule has 23 heavy (non-hydrogen) atoms. The highest BCUT2D eigenvalue weighted by Crippen LogP contribution is 2.20. The Morgan fingerprint density at radius 2 is 2.17 bits per heavy atom. The van der Waals surface area contributed by atoms with E-state index in [1.165, 1.54) is 0 Å². The number of rotatable bonds is 5. The van der Waals surface area contributed by atoms with Crippen LogP contribution in [0.2, 0.25) is 0 Å². The monoisotopic (exact) mass is 310 g/mol. The molecular formula is C16H14N4O3. The molecule has 7 heteroatoms. The van der Waals surface area contributed by atoms with E-state index in [4.69, 9.17) is 9.26 Å². The van der Waals surface area contributed by atoms with Gasteiger partial charge in [0.05, 0.1) is 6.54 Å². The normalized spacial score (nSPS) is 10.3. The SMILES string of the molecule is Cc1noc(CNC(=O)c2cccc(Oc3ccccn3)c2)n1. The van der Waals surface area contributed by atoms with Gasteiger partial charge in [-0.25, -0.2) is 4.98 Å². The zero-order chi connectivity index (χ0) is 16.1. The van der Waals surface area contributed by atoms with Crippen LogP contribution in [-0.4, -0.2) is 21.0 Å². The number of hydrogen-bond donors (Lipinski definition) is 1. The molecule has 0 aliphatic carbocycles. The van der Waals surface area contributed by atoms with Crippen LogP contribution in [0.1, 0.15) is 22.1 Å². The third kappa shape index (κ3) is 3.91. The first kappa shape index (κ1) is 14.7. The fourth-order valence-corrected chi connectivity index (χ4v) is 1.90. The molecule has 1 amide bonds. The van der Waals surface area contributed by atoms with Crippen molar-refractivity contribution >= 4 is 5.91 Å². The van der Waals surface area contributed by atoms with E-state index in [9.17, 15) is 4.79 Å². The summed E-state index contributed by atoms with van der Waals surface area (Å²) >= 11 is 0. The van der Waals surface area contributed by atoms with Crippen molar-refractivity contribution in [2.24, 2.45) is 0 Å². The van der Waals surface area contributed by atoms with Gasteiger partial charge in [0.25, 0.3) is 5.91 Å². The Bertz CT molecular complexity index is 802. The van der Waals surface area contributed by atoms with Gasteiger partial charge in [-0.05, 0) is 31.2 Å². The summed E-state index contributed by atoms with van der Waals surface area (Å²) in [5.74, 6) is 1.63. The number of aromatic nitrogens is 3. The van der Waals surface area contributed by atoms with Crippen molar-refractivity contribution < 1.29 is 14.1 Å². The Hall–Kier alpha value is -3.22. The predicted molar refractivity (Wildman–Crippen MR) is 81.0 cm³/mol. The van der Waals surface area contributed by atoms with Gasteiger partial charge < -0.3 is 14.6 Å². The number of pyridine rings is 1. The van der Waals surface area contributed by atoms with E-state index in [0.717, 1.165) is 0 Å². The number of ether oxygens (including phenoxy) is 1. The quantitative estimate of drug-likeness (QED) is 0.778. The molecule has 0 bridgehead atoms. The first-order valence-corrected chi connectivity index (χ1v) is 6.97. The summed E-state index contributed by atoms with van der Waals surface area (Å²) in [6.07, 6.45) is 1.64. The van der Waals surface area contributed by atoms with Gasteiger partial charge in [-0.15, -0.1) is 0 Å². The van der Waals surface area contributed by atoms with Crippen molar-refractivity contribution in [1.82, 2.24) is 20.4 Å². The van der Waals surface area contributed by atoms with Crippen LogP contribution >= 0.6 is 0 Å². The number of carbonyl (C=O) groups excluding carboxylic acids is 1. The minimum absolute atomic E-state index is 0.172. The molecule has 0 spiro atoms. The zero-order valence-corrected chi connectivity index (χ0v) is 12.4. The number of nitrogens with one attached hydrogen (secondary N) is 1.